The number of hydrogen-bond donors (Lipinski definition) is 4. The largest absolute Gasteiger partial charge is 0.394 e. The molecule has 0 spiro atoms. The molecular formula is C25H21F3N4O3. The van der Waals surface area contributed by atoms with E-state index in [1.165, 1.54) is 24.3 Å². The van der Waals surface area contributed by atoms with Crippen LogP contribution in [-0.4, -0.2) is 50.1 Å². The number of carbonyl (C=O) groups excluding carboxylic acids is 1. The fourth-order valence-corrected chi connectivity index (χ4v) is 3.66. The summed E-state index contributed by atoms with van der Waals surface area (Å²) in [6, 6.07) is 12.8. The molecule has 4 aromatic rings. The molecule has 0 saturated carbocycles. The Labute approximate surface area is 198 Å². The van der Waals surface area contributed by atoms with Gasteiger partial charge in [-0.15, -0.1) is 0 Å². The van der Waals surface area contributed by atoms with Crippen LogP contribution in [0.15, 0.2) is 66.9 Å². The first-order chi connectivity index (χ1) is 16.9. The van der Waals surface area contributed by atoms with Crippen LogP contribution in [0.4, 0.5) is 13.2 Å². The summed E-state index contributed by atoms with van der Waals surface area (Å²) < 4.78 is 43.4. The van der Waals surface area contributed by atoms with Gasteiger partial charge in [0, 0.05) is 23.9 Å². The molecule has 2 atom stereocenters. The van der Waals surface area contributed by atoms with Crippen LogP contribution in [-0.2, 0) is 6.42 Å². The molecule has 4 rings (SSSR count). The van der Waals surface area contributed by atoms with E-state index in [2.05, 4.69) is 20.5 Å². The maximum atomic E-state index is 15.3. The summed E-state index contributed by atoms with van der Waals surface area (Å²) in [6.07, 6.45) is 0.308. The lowest BCUT2D eigenvalue weighted by Gasteiger charge is -2.23. The highest BCUT2D eigenvalue weighted by molar-refractivity contribution is 6.01. The third kappa shape index (κ3) is 5.23. The number of carbonyl (C=O) groups is 1. The van der Waals surface area contributed by atoms with E-state index < -0.39 is 42.1 Å². The lowest BCUT2D eigenvalue weighted by atomic mass is 9.99. The minimum atomic E-state index is -1.33. The molecule has 2 heterocycles. The molecule has 10 heteroatoms. The second-order valence-electron chi connectivity index (χ2n) is 7.79. The van der Waals surface area contributed by atoms with Gasteiger partial charge in [0.2, 0.25) is 0 Å². The average molecular weight is 482 g/mol. The minimum absolute atomic E-state index is 0.0894. The van der Waals surface area contributed by atoms with Crippen molar-refractivity contribution >= 4 is 5.91 Å². The summed E-state index contributed by atoms with van der Waals surface area (Å²) in [5, 5.41) is 28.6. The van der Waals surface area contributed by atoms with Gasteiger partial charge in [-0.2, -0.15) is 5.10 Å². The number of nitrogens with zero attached hydrogens (tertiary/aromatic N) is 2. The van der Waals surface area contributed by atoms with Gasteiger partial charge in [-0.05, 0) is 48.5 Å². The highest BCUT2D eigenvalue weighted by Gasteiger charge is 2.27. The van der Waals surface area contributed by atoms with Crippen LogP contribution in [0, 0.1) is 17.5 Å². The number of aromatic amines is 1. The van der Waals surface area contributed by atoms with Crippen molar-refractivity contribution in [1.82, 2.24) is 20.5 Å². The number of benzene rings is 2. The molecule has 0 fully saturated rings. The van der Waals surface area contributed by atoms with Crippen molar-refractivity contribution in [3.8, 4) is 22.5 Å². The highest BCUT2D eigenvalue weighted by Crippen LogP contribution is 2.32. The van der Waals surface area contributed by atoms with Crippen LogP contribution in [0.2, 0.25) is 0 Å². The number of aromatic nitrogens is 3. The molecule has 0 saturated heterocycles. The summed E-state index contributed by atoms with van der Waals surface area (Å²) in [6.45, 7) is -0.635. The zero-order valence-corrected chi connectivity index (χ0v) is 18.3. The van der Waals surface area contributed by atoms with Crippen molar-refractivity contribution in [2.75, 3.05) is 6.61 Å². The van der Waals surface area contributed by atoms with Crippen LogP contribution >= 0.6 is 0 Å². The number of aliphatic hydroxyl groups excluding tert-OH is 2. The third-order valence-electron chi connectivity index (χ3n) is 5.46. The number of nitrogens with one attached hydrogen (secondary N) is 2. The Morgan fingerprint density at radius 1 is 1.03 bits per heavy atom. The average Bonchev–Trinajstić information content (AvgIpc) is 3.24. The molecule has 0 radical (unpaired) electrons. The molecular weight excluding hydrogens is 461 g/mol. The summed E-state index contributed by atoms with van der Waals surface area (Å²) in [7, 11) is 0. The lowest BCUT2D eigenvalue weighted by molar-refractivity contribution is 0.0565. The Hall–Kier alpha value is -4.02. The number of halogens is 3. The molecule has 2 aromatic heterocycles. The number of hydrogen-bond acceptors (Lipinski definition) is 5. The second-order valence-corrected chi connectivity index (χ2v) is 7.79. The molecule has 1 amide bonds. The van der Waals surface area contributed by atoms with Crippen LogP contribution in [0.1, 0.15) is 16.1 Å². The van der Waals surface area contributed by atoms with Crippen molar-refractivity contribution in [1.29, 1.82) is 0 Å². The summed E-state index contributed by atoms with van der Waals surface area (Å²) in [5.41, 5.74) is -0.300. The van der Waals surface area contributed by atoms with E-state index in [1.807, 2.05) is 0 Å². The molecule has 4 N–H and O–H groups in total. The van der Waals surface area contributed by atoms with Gasteiger partial charge < -0.3 is 15.5 Å². The van der Waals surface area contributed by atoms with Gasteiger partial charge in [-0.3, -0.25) is 14.9 Å². The van der Waals surface area contributed by atoms with E-state index in [-0.39, 0.29) is 34.5 Å². The van der Waals surface area contributed by atoms with Crippen LogP contribution in [0.3, 0.4) is 0 Å². The summed E-state index contributed by atoms with van der Waals surface area (Å²) >= 11 is 0. The quantitative estimate of drug-likeness (QED) is 0.308. The smallest absolute Gasteiger partial charge is 0.252 e. The Morgan fingerprint density at radius 3 is 2.49 bits per heavy atom. The predicted octanol–water partition coefficient (Wildman–Crippen LogP) is 3.25. The first kappa shape index (κ1) is 24.1. The van der Waals surface area contributed by atoms with E-state index in [4.69, 9.17) is 0 Å². The number of rotatable bonds is 8. The summed E-state index contributed by atoms with van der Waals surface area (Å²) in [5.74, 6) is -3.11. The number of pyridine rings is 1. The minimum Gasteiger partial charge on any atom is -0.394 e. The van der Waals surface area contributed by atoms with Gasteiger partial charge in [0.15, 0.2) is 5.82 Å². The second kappa shape index (κ2) is 10.5. The molecule has 0 aliphatic rings. The van der Waals surface area contributed by atoms with Crippen molar-refractivity contribution in [3.05, 3.63) is 95.6 Å². The SMILES string of the molecule is O=C(N[C@H](Cc1ccccn1)[C@@H](O)CO)c1cccc(F)c1-c1[nH]nc(-c2ccc(F)cc2)c1F. The zero-order valence-electron chi connectivity index (χ0n) is 18.3. The van der Waals surface area contributed by atoms with Gasteiger partial charge in [0.25, 0.3) is 5.91 Å². The molecule has 2 aromatic carbocycles. The first-order valence-electron chi connectivity index (χ1n) is 10.7. The number of amides is 1. The molecule has 180 valence electrons. The Bertz CT molecular complexity index is 1310. The predicted molar refractivity (Wildman–Crippen MR) is 122 cm³/mol. The van der Waals surface area contributed by atoms with Crippen LogP contribution in [0.25, 0.3) is 22.5 Å². The van der Waals surface area contributed by atoms with Crippen LogP contribution in [0.5, 0.6) is 0 Å². The van der Waals surface area contributed by atoms with Crippen molar-refractivity contribution in [3.63, 3.8) is 0 Å². The van der Waals surface area contributed by atoms with Crippen LogP contribution < -0.4 is 5.32 Å². The molecule has 0 aliphatic carbocycles. The first-order valence-corrected chi connectivity index (χ1v) is 10.7. The van der Waals surface area contributed by atoms with E-state index in [0.29, 0.717) is 5.69 Å². The third-order valence-corrected chi connectivity index (χ3v) is 5.46. The van der Waals surface area contributed by atoms with E-state index in [0.717, 1.165) is 18.2 Å². The molecule has 35 heavy (non-hydrogen) atoms. The highest BCUT2D eigenvalue weighted by atomic mass is 19.1. The van der Waals surface area contributed by atoms with E-state index >= 15 is 4.39 Å². The molecule has 0 unspecified atom stereocenters. The number of aliphatic hydroxyl groups is 2. The molecule has 0 bridgehead atoms. The molecule has 0 aliphatic heterocycles. The van der Waals surface area contributed by atoms with Gasteiger partial charge in [0.1, 0.15) is 23.0 Å². The number of H-pyrrole nitrogens is 1. The van der Waals surface area contributed by atoms with Gasteiger partial charge >= 0.3 is 0 Å². The Kier molecular flexibility index (Phi) is 7.23. The standard InChI is InChI=1S/C25H21F3N4O3/c26-15-9-7-14(8-10-15)23-22(28)24(32-31-23)21-17(5-3-6-18(21)27)25(35)30-19(20(34)13-33)12-16-4-1-2-11-29-16/h1-11,19-20,33-34H,12-13H2,(H,30,35)(H,31,32)/t19-,20+/m1/s1. The van der Waals surface area contributed by atoms with E-state index in [9.17, 15) is 23.8 Å². The van der Waals surface area contributed by atoms with Gasteiger partial charge in [0.05, 0.1) is 29.9 Å². The summed E-state index contributed by atoms with van der Waals surface area (Å²) in [4.78, 5) is 17.3. The van der Waals surface area contributed by atoms with E-state index in [1.54, 1.807) is 24.4 Å². The fraction of sp³-hybridized carbons (Fsp3) is 0.160. The molecule has 7 nitrogen and oxygen atoms in total. The maximum Gasteiger partial charge on any atom is 0.252 e. The van der Waals surface area contributed by atoms with Crippen molar-refractivity contribution < 1.29 is 28.2 Å². The zero-order chi connectivity index (χ0) is 24.9. The fourth-order valence-electron chi connectivity index (χ4n) is 3.66. The van der Waals surface area contributed by atoms with Crippen molar-refractivity contribution in [2.45, 2.75) is 18.6 Å². The van der Waals surface area contributed by atoms with Gasteiger partial charge in [-0.1, -0.05) is 12.1 Å². The van der Waals surface area contributed by atoms with Gasteiger partial charge in [-0.25, -0.2) is 13.2 Å². The monoisotopic (exact) mass is 482 g/mol. The maximum absolute atomic E-state index is 15.3. The van der Waals surface area contributed by atoms with Crippen molar-refractivity contribution in [2.24, 2.45) is 0 Å². The topological polar surface area (TPSA) is 111 Å². The normalized spacial score (nSPS) is 12.8. The Morgan fingerprint density at radius 2 is 1.80 bits per heavy atom. The lowest BCUT2D eigenvalue weighted by Crippen LogP contribution is -2.46. The Balaban J connectivity index is 1.68.